The maximum atomic E-state index is 12.5. The Morgan fingerprint density at radius 2 is 1.70 bits per heavy atom. The molecular weight excluding hydrogens is 246 g/mol. The molecule has 0 aromatic heterocycles. The Bertz CT molecular complexity index is 341. The molecular formula is C18H31NO. The second-order valence-electron chi connectivity index (χ2n) is 7.00. The number of piperidine rings is 1. The molecule has 0 aromatic rings. The molecule has 2 unspecified atom stereocenters. The van der Waals surface area contributed by atoms with Crippen molar-refractivity contribution in [3.8, 4) is 0 Å². The van der Waals surface area contributed by atoms with Gasteiger partial charge in [0.05, 0.1) is 0 Å². The minimum atomic E-state index is 0.234. The van der Waals surface area contributed by atoms with E-state index in [1.807, 2.05) is 4.90 Å². The lowest BCUT2D eigenvalue weighted by atomic mass is 9.75. The van der Waals surface area contributed by atoms with E-state index in [-0.39, 0.29) is 5.91 Å². The van der Waals surface area contributed by atoms with Crippen molar-refractivity contribution >= 4 is 5.91 Å². The predicted octanol–water partition coefficient (Wildman–Crippen LogP) is 4.41. The molecule has 2 nitrogen and oxygen atoms in total. The zero-order chi connectivity index (χ0) is 14.5. The fourth-order valence-electron chi connectivity index (χ4n) is 3.93. The number of rotatable bonds is 4. The first kappa shape index (κ1) is 15.6. The molecule has 2 fully saturated rings. The molecule has 1 saturated carbocycles. The van der Waals surface area contributed by atoms with Crippen LogP contribution in [0.25, 0.3) is 0 Å². The molecule has 0 radical (unpaired) electrons. The Kier molecular flexibility index (Phi) is 5.68. The van der Waals surface area contributed by atoms with E-state index in [2.05, 4.69) is 20.4 Å². The Morgan fingerprint density at radius 1 is 1.10 bits per heavy atom. The molecule has 0 bridgehead atoms. The summed E-state index contributed by atoms with van der Waals surface area (Å²) in [5.74, 6) is 2.52. The van der Waals surface area contributed by atoms with Gasteiger partial charge < -0.3 is 4.90 Å². The van der Waals surface area contributed by atoms with E-state index in [1.165, 1.54) is 32.1 Å². The molecule has 1 aliphatic carbocycles. The summed E-state index contributed by atoms with van der Waals surface area (Å²) >= 11 is 0. The van der Waals surface area contributed by atoms with Crippen molar-refractivity contribution in [2.24, 2.45) is 17.8 Å². The van der Waals surface area contributed by atoms with Gasteiger partial charge in [0.1, 0.15) is 0 Å². The van der Waals surface area contributed by atoms with Gasteiger partial charge in [-0.2, -0.15) is 0 Å². The Labute approximate surface area is 124 Å². The largest absolute Gasteiger partial charge is 0.339 e. The van der Waals surface area contributed by atoms with E-state index < -0.39 is 0 Å². The van der Waals surface area contributed by atoms with E-state index in [0.717, 1.165) is 49.8 Å². The van der Waals surface area contributed by atoms with Gasteiger partial charge in [-0.3, -0.25) is 4.79 Å². The third-order valence-corrected chi connectivity index (χ3v) is 5.47. The van der Waals surface area contributed by atoms with Crippen LogP contribution in [0.4, 0.5) is 0 Å². The monoisotopic (exact) mass is 277 g/mol. The molecule has 114 valence electrons. The minimum Gasteiger partial charge on any atom is -0.339 e. The average molecular weight is 277 g/mol. The molecule has 20 heavy (non-hydrogen) atoms. The van der Waals surface area contributed by atoms with Crippen LogP contribution in [-0.2, 0) is 4.79 Å². The van der Waals surface area contributed by atoms with Gasteiger partial charge in [0, 0.05) is 18.7 Å². The highest BCUT2D eigenvalue weighted by molar-refractivity contribution is 5.92. The van der Waals surface area contributed by atoms with Crippen molar-refractivity contribution in [3.05, 3.63) is 12.2 Å². The maximum absolute atomic E-state index is 12.5. The van der Waals surface area contributed by atoms with Crippen LogP contribution in [0.3, 0.4) is 0 Å². The highest BCUT2D eigenvalue weighted by Gasteiger charge is 2.28. The number of likely N-dealkylation sites (tertiary alicyclic amines) is 1. The van der Waals surface area contributed by atoms with Crippen LogP contribution >= 0.6 is 0 Å². The molecule has 2 aliphatic rings. The van der Waals surface area contributed by atoms with Gasteiger partial charge in [-0.1, -0.05) is 46.1 Å². The van der Waals surface area contributed by atoms with E-state index in [9.17, 15) is 4.79 Å². The summed E-state index contributed by atoms with van der Waals surface area (Å²) in [5.41, 5.74) is 0.866. The quantitative estimate of drug-likeness (QED) is 0.697. The normalized spacial score (nSPS) is 28.4. The molecule has 1 heterocycles. The Balaban J connectivity index is 1.85. The highest BCUT2D eigenvalue weighted by atomic mass is 16.2. The molecule has 1 amide bonds. The first-order valence-corrected chi connectivity index (χ1v) is 8.58. The molecule has 1 aliphatic heterocycles. The number of carbonyl (C=O) groups excluding carboxylic acids is 1. The summed E-state index contributed by atoms with van der Waals surface area (Å²) < 4.78 is 0. The third-order valence-electron chi connectivity index (χ3n) is 5.47. The van der Waals surface area contributed by atoms with E-state index in [4.69, 9.17) is 0 Å². The summed E-state index contributed by atoms with van der Waals surface area (Å²) in [5, 5.41) is 0. The Morgan fingerprint density at radius 3 is 2.30 bits per heavy atom. The van der Waals surface area contributed by atoms with Gasteiger partial charge >= 0.3 is 0 Å². The summed E-state index contributed by atoms with van der Waals surface area (Å²) in [6, 6.07) is 0. The lowest BCUT2D eigenvalue weighted by molar-refractivity contribution is -0.128. The molecule has 2 atom stereocenters. The van der Waals surface area contributed by atoms with Gasteiger partial charge in [-0.15, -0.1) is 0 Å². The van der Waals surface area contributed by atoms with Crippen molar-refractivity contribution in [1.82, 2.24) is 4.90 Å². The Hall–Kier alpha value is -0.790. The van der Waals surface area contributed by atoms with Crippen LogP contribution in [0.5, 0.6) is 0 Å². The van der Waals surface area contributed by atoms with Crippen LogP contribution in [0.15, 0.2) is 12.2 Å². The summed E-state index contributed by atoms with van der Waals surface area (Å²) in [6.45, 7) is 10.6. The lowest BCUT2D eigenvalue weighted by Gasteiger charge is -2.34. The SMILES string of the molecule is C=C(CC1CCCCC1CC)C(=O)N1CCC(C)CC1. The van der Waals surface area contributed by atoms with Crippen molar-refractivity contribution in [2.75, 3.05) is 13.1 Å². The van der Waals surface area contributed by atoms with E-state index in [1.54, 1.807) is 0 Å². The van der Waals surface area contributed by atoms with Crippen LogP contribution in [0, 0.1) is 17.8 Å². The predicted molar refractivity (Wildman–Crippen MR) is 84.5 cm³/mol. The van der Waals surface area contributed by atoms with Gasteiger partial charge in [-0.05, 0) is 43.4 Å². The third kappa shape index (κ3) is 3.86. The molecule has 0 aromatic carbocycles. The van der Waals surface area contributed by atoms with E-state index >= 15 is 0 Å². The van der Waals surface area contributed by atoms with Crippen LogP contribution in [-0.4, -0.2) is 23.9 Å². The number of hydrogen-bond donors (Lipinski definition) is 0. The smallest absolute Gasteiger partial charge is 0.249 e. The first-order chi connectivity index (χ1) is 9.61. The standard InChI is InChI=1S/C18H31NO/c1-4-16-7-5-6-8-17(16)13-15(3)18(20)19-11-9-14(2)10-12-19/h14,16-17H,3-13H2,1-2H3. The second kappa shape index (κ2) is 7.28. The minimum absolute atomic E-state index is 0.234. The molecule has 0 spiro atoms. The summed E-state index contributed by atoms with van der Waals surface area (Å²) in [6.07, 6.45) is 9.85. The number of nitrogens with zero attached hydrogens (tertiary/aromatic N) is 1. The van der Waals surface area contributed by atoms with Crippen molar-refractivity contribution < 1.29 is 4.79 Å². The lowest BCUT2D eigenvalue weighted by Crippen LogP contribution is -2.39. The maximum Gasteiger partial charge on any atom is 0.249 e. The fraction of sp³-hybridized carbons (Fsp3) is 0.833. The van der Waals surface area contributed by atoms with Crippen LogP contribution < -0.4 is 0 Å². The number of carbonyl (C=O) groups is 1. The zero-order valence-electron chi connectivity index (χ0n) is 13.4. The van der Waals surface area contributed by atoms with Crippen molar-refractivity contribution in [3.63, 3.8) is 0 Å². The average Bonchev–Trinajstić information content (AvgIpc) is 2.48. The highest BCUT2D eigenvalue weighted by Crippen LogP contribution is 2.36. The molecule has 2 rings (SSSR count). The van der Waals surface area contributed by atoms with Gasteiger partial charge in [0.25, 0.3) is 0 Å². The zero-order valence-corrected chi connectivity index (χ0v) is 13.4. The first-order valence-electron chi connectivity index (χ1n) is 8.58. The fourth-order valence-corrected chi connectivity index (χ4v) is 3.93. The summed E-state index contributed by atoms with van der Waals surface area (Å²) in [7, 11) is 0. The number of amides is 1. The molecule has 2 heteroatoms. The van der Waals surface area contributed by atoms with Gasteiger partial charge in [0.2, 0.25) is 5.91 Å². The van der Waals surface area contributed by atoms with Gasteiger partial charge in [0.15, 0.2) is 0 Å². The second-order valence-corrected chi connectivity index (χ2v) is 7.00. The molecule has 0 N–H and O–H groups in total. The van der Waals surface area contributed by atoms with Gasteiger partial charge in [-0.25, -0.2) is 0 Å². The topological polar surface area (TPSA) is 20.3 Å². The molecule has 1 saturated heterocycles. The summed E-state index contributed by atoms with van der Waals surface area (Å²) in [4.78, 5) is 14.5. The van der Waals surface area contributed by atoms with E-state index in [0.29, 0.717) is 5.92 Å². The van der Waals surface area contributed by atoms with Crippen molar-refractivity contribution in [1.29, 1.82) is 0 Å². The number of hydrogen-bond acceptors (Lipinski definition) is 1. The van der Waals surface area contributed by atoms with Crippen LogP contribution in [0.1, 0.15) is 65.2 Å². The van der Waals surface area contributed by atoms with Crippen LogP contribution in [0.2, 0.25) is 0 Å². The van der Waals surface area contributed by atoms with Crippen molar-refractivity contribution in [2.45, 2.75) is 65.2 Å².